The highest BCUT2D eigenvalue weighted by atomic mass is 16.5. The molecular formula is C14H19NO4. The minimum absolute atomic E-state index is 0.179. The molecule has 0 aliphatic carbocycles. The van der Waals surface area contributed by atoms with Crippen LogP contribution in [0.2, 0.25) is 0 Å². The fraction of sp³-hybridized carbons (Fsp3) is 0.429. The molecule has 19 heavy (non-hydrogen) atoms. The first kappa shape index (κ1) is 15.0. The van der Waals surface area contributed by atoms with E-state index >= 15 is 0 Å². The molecule has 0 spiro atoms. The minimum Gasteiger partial charge on any atom is -0.497 e. The van der Waals surface area contributed by atoms with Crippen LogP contribution in [0.5, 0.6) is 5.75 Å². The molecule has 0 heterocycles. The van der Waals surface area contributed by atoms with E-state index in [0.29, 0.717) is 30.7 Å². The lowest BCUT2D eigenvalue weighted by atomic mass is 10.1. The van der Waals surface area contributed by atoms with E-state index in [1.807, 2.05) is 0 Å². The van der Waals surface area contributed by atoms with Gasteiger partial charge in [-0.2, -0.15) is 0 Å². The number of methoxy groups -OCH3 is 1. The number of carbonyl (C=O) groups excluding carboxylic acids is 1. The smallest absolute Gasteiger partial charge is 0.306 e. The van der Waals surface area contributed by atoms with Crippen LogP contribution in [0.1, 0.15) is 30.1 Å². The van der Waals surface area contributed by atoms with Crippen molar-refractivity contribution in [2.75, 3.05) is 13.7 Å². The number of hydrogen-bond acceptors (Lipinski definition) is 3. The molecule has 5 nitrogen and oxygen atoms in total. The topological polar surface area (TPSA) is 75.6 Å². The average molecular weight is 265 g/mol. The molecule has 0 saturated carbocycles. The molecule has 104 valence electrons. The van der Waals surface area contributed by atoms with Crippen molar-refractivity contribution in [1.29, 1.82) is 0 Å². The van der Waals surface area contributed by atoms with Gasteiger partial charge >= 0.3 is 5.97 Å². The Morgan fingerprint density at radius 2 is 2.16 bits per heavy atom. The normalized spacial score (nSPS) is 11.7. The minimum atomic E-state index is -0.806. The van der Waals surface area contributed by atoms with E-state index < -0.39 is 5.97 Å². The number of nitrogens with one attached hydrogen (secondary N) is 1. The predicted molar refractivity (Wildman–Crippen MR) is 71.4 cm³/mol. The Kier molecular flexibility index (Phi) is 5.85. The van der Waals surface area contributed by atoms with Crippen molar-refractivity contribution in [3.05, 3.63) is 29.8 Å². The molecule has 0 saturated heterocycles. The summed E-state index contributed by atoms with van der Waals surface area (Å²) in [4.78, 5) is 22.4. The maximum absolute atomic E-state index is 11.8. The van der Waals surface area contributed by atoms with Crippen molar-refractivity contribution < 1.29 is 19.4 Å². The van der Waals surface area contributed by atoms with Gasteiger partial charge in [-0.3, -0.25) is 9.59 Å². The van der Waals surface area contributed by atoms with Gasteiger partial charge in [0.2, 0.25) is 0 Å². The van der Waals surface area contributed by atoms with Gasteiger partial charge in [-0.1, -0.05) is 13.0 Å². The molecule has 5 heteroatoms. The summed E-state index contributed by atoms with van der Waals surface area (Å²) in [5, 5.41) is 11.5. The first-order valence-corrected chi connectivity index (χ1v) is 6.19. The van der Waals surface area contributed by atoms with Crippen LogP contribution in [0.4, 0.5) is 0 Å². The molecule has 0 fully saturated rings. The van der Waals surface area contributed by atoms with Gasteiger partial charge in [0.15, 0.2) is 0 Å². The third-order valence-electron chi connectivity index (χ3n) is 2.85. The van der Waals surface area contributed by atoms with Crippen LogP contribution in [0.15, 0.2) is 24.3 Å². The molecule has 1 unspecified atom stereocenters. The Labute approximate surface area is 112 Å². The zero-order valence-electron chi connectivity index (χ0n) is 11.2. The summed E-state index contributed by atoms with van der Waals surface area (Å²) in [6.07, 6.45) is 1.19. The summed E-state index contributed by atoms with van der Waals surface area (Å²) in [6.45, 7) is 2.12. The lowest BCUT2D eigenvalue weighted by molar-refractivity contribution is -0.141. The largest absolute Gasteiger partial charge is 0.497 e. The molecule has 1 aromatic carbocycles. The zero-order valence-corrected chi connectivity index (χ0v) is 11.2. The maximum atomic E-state index is 11.8. The van der Waals surface area contributed by atoms with Gasteiger partial charge in [0.25, 0.3) is 5.91 Å². The van der Waals surface area contributed by atoms with E-state index in [9.17, 15) is 9.59 Å². The highest BCUT2D eigenvalue weighted by Gasteiger charge is 2.10. The van der Waals surface area contributed by atoms with Gasteiger partial charge in [-0.25, -0.2) is 0 Å². The SMILES string of the molecule is COc1cccc(C(=O)NCCCC(C)C(=O)O)c1. The van der Waals surface area contributed by atoms with Crippen molar-refractivity contribution in [1.82, 2.24) is 5.32 Å². The van der Waals surface area contributed by atoms with Crippen molar-refractivity contribution >= 4 is 11.9 Å². The molecule has 0 aliphatic heterocycles. The monoisotopic (exact) mass is 265 g/mol. The summed E-state index contributed by atoms with van der Waals surface area (Å²) in [6, 6.07) is 6.89. The maximum Gasteiger partial charge on any atom is 0.306 e. The highest BCUT2D eigenvalue weighted by molar-refractivity contribution is 5.94. The van der Waals surface area contributed by atoms with Crippen LogP contribution in [-0.2, 0) is 4.79 Å². The number of rotatable bonds is 7. The third kappa shape index (κ3) is 4.99. The van der Waals surface area contributed by atoms with Crippen LogP contribution < -0.4 is 10.1 Å². The standard InChI is InChI=1S/C14H19NO4/c1-10(14(17)18)5-4-8-15-13(16)11-6-3-7-12(9-11)19-2/h3,6-7,9-10H,4-5,8H2,1-2H3,(H,15,16)(H,17,18). The molecule has 1 rings (SSSR count). The molecule has 1 atom stereocenters. The molecular weight excluding hydrogens is 246 g/mol. The molecule has 0 radical (unpaired) electrons. The van der Waals surface area contributed by atoms with Crippen LogP contribution in [0, 0.1) is 5.92 Å². The Morgan fingerprint density at radius 1 is 1.42 bits per heavy atom. The van der Waals surface area contributed by atoms with Gasteiger partial charge in [-0.05, 0) is 31.0 Å². The first-order chi connectivity index (χ1) is 9.04. The first-order valence-electron chi connectivity index (χ1n) is 6.19. The second-order valence-electron chi connectivity index (χ2n) is 4.37. The number of carbonyl (C=O) groups is 2. The van der Waals surface area contributed by atoms with Crippen molar-refractivity contribution in [3.63, 3.8) is 0 Å². The van der Waals surface area contributed by atoms with E-state index in [0.717, 1.165) is 0 Å². The van der Waals surface area contributed by atoms with E-state index in [2.05, 4.69) is 5.32 Å². The fourth-order valence-corrected chi connectivity index (χ4v) is 1.60. The Balaban J connectivity index is 2.37. The van der Waals surface area contributed by atoms with Crippen molar-refractivity contribution in [2.45, 2.75) is 19.8 Å². The van der Waals surface area contributed by atoms with E-state index in [1.54, 1.807) is 38.3 Å². The number of aliphatic carboxylic acids is 1. The summed E-state index contributed by atoms with van der Waals surface area (Å²) in [5.74, 6) is -0.734. The Bertz CT molecular complexity index is 445. The lowest BCUT2D eigenvalue weighted by Crippen LogP contribution is -2.25. The molecule has 2 N–H and O–H groups in total. The summed E-state index contributed by atoms with van der Waals surface area (Å²) < 4.78 is 5.04. The van der Waals surface area contributed by atoms with Crippen molar-refractivity contribution in [3.8, 4) is 5.75 Å². The van der Waals surface area contributed by atoms with Gasteiger partial charge in [0.05, 0.1) is 13.0 Å². The second kappa shape index (κ2) is 7.41. The van der Waals surface area contributed by atoms with Gasteiger partial charge in [0, 0.05) is 12.1 Å². The summed E-state index contributed by atoms with van der Waals surface area (Å²) >= 11 is 0. The average Bonchev–Trinajstić information content (AvgIpc) is 2.42. The van der Waals surface area contributed by atoms with E-state index in [4.69, 9.17) is 9.84 Å². The Hall–Kier alpha value is -2.04. The van der Waals surface area contributed by atoms with Gasteiger partial charge in [0.1, 0.15) is 5.75 Å². The van der Waals surface area contributed by atoms with E-state index in [1.165, 1.54) is 0 Å². The fourth-order valence-electron chi connectivity index (χ4n) is 1.60. The molecule has 0 bridgehead atoms. The van der Waals surface area contributed by atoms with Gasteiger partial charge in [-0.15, -0.1) is 0 Å². The third-order valence-corrected chi connectivity index (χ3v) is 2.85. The van der Waals surface area contributed by atoms with Crippen LogP contribution in [0.3, 0.4) is 0 Å². The molecule has 1 amide bonds. The second-order valence-corrected chi connectivity index (χ2v) is 4.37. The molecule has 0 aromatic heterocycles. The highest BCUT2D eigenvalue weighted by Crippen LogP contribution is 2.12. The number of benzene rings is 1. The van der Waals surface area contributed by atoms with Crippen LogP contribution in [0.25, 0.3) is 0 Å². The predicted octanol–water partition coefficient (Wildman–Crippen LogP) is 1.93. The van der Waals surface area contributed by atoms with Crippen LogP contribution >= 0.6 is 0 Å². The number of carboxylic acid groups (broad SMARTS) is 1. The quantitative estimate of drug-likeness (QED) is 0.739. The zero-order chi connectivity index (χ0) is 14.3. The summed E-state index contributed by atoms with van der Waals surface area (Å²) in [5.41, 5.74) is 0.533. The number of amides is 1. The number of carboxylic acids is 1. The van der Waals surface area contributed by atoms with Crippen molar-refractivity contribution in [2.24, 2.45) is 5.92 Å². The van der Waals surface area contributed by atoms with Crippen LogP contribution in [-0.4, -0.2) is 30.6 Å². The van der Waals surface area contributed by atoms with E-state index in [-0.39, 0.29) is 11.8 Å². The van der Waals surface area contributed by atoms with Gasteiger partial charge < -0.3 is 15.2 Å². The summed E-state index contributed by atoms with van der Waals surface area (Å²) in [7, 11) is 1.55. The lowest BCUT2D eigenvalue weighted by Gasteiger charge is -2.08. The number of ether oxygens (including phenoxy) is 1. The molecule has 1 aromatic rings. The molecule has 0 aliphatic rings. The Morgan fingerprint density at radius 3 is 2.79 bits per heavy atom. The number of hydrogen-bond donors (Lipinski definition) is 2.